The Morgan fingerprint density at radius 2 is 2.11 bits per heavy atom. The highest BCUT2D eigenvalue weighted by atomic mass is 32.2. The van der Waals surface area contributed by atoms with E-state index in [9.17, 15) is 0 Å². The number of nitrogens with two attached hydrogens (primary N) is 2. The molecule has 0 bridgehead atoms. The summed E-state index contributed by atoms with van der Waals surface area (Å²) in [6.07, 6.45) is 4.75. The lowest BCUT2D eigenvalue weighted by Crippen LogP contribution is -2.09. The van der Waals surface area contributed by atoms with E-state index in [0.717, 1.165) is 56.5 Å². The average Bonchev–Trinajstić information content (AvgIpc) is 2.89. The number of hydrogen-bond acceptors (Lipinski definition) is 8. The lowest BCUT2D eigenvalue weighted by atomic mass is 10.1. The van der Waals surface area contributed by atoms with Gasteiger partial charge in [-0.1, -0.05) is 5.57 Å². The Kier molecular flexibility index (Phi) is 4.94. The first-order valence-corrected chi connectivity index (χ1v) is 10.1. The molecule has 4 N–H and O–H groups in total. The molecular weight excluding hydrogens is 374 g/mol. The minimum absolute atomic E-state index is 0.246. The molecule has 8 nitrogen and oxygen atoms in total. The van der Waals surface area contributed by atoms with Crippen molar-refractivity contribution in [3.05, 3.63) is 34.3 Å². The van der Waals surface area contributed by atoms with Crippen molar-refractivity contribution in [2.24, 2.45) is 5.73 Å². The lowest BCUT2D eigenvalue weighted by Gasteiger charge is -2.12. The zero-order valence-electron chi connectivity index (χ0n) is 16.2. The molecule has 3 aromatic rings. The number of aryl methyl sites for hydroxylation is 1. The van der Waals surface area contributed by atoms with Crippen LogP contribution in [0.4, 0.5) is 5.95 Å². The van der Waals surface area contributed by atoms with Crippen molar-refractivity contribution in [2.75, 3.05) is 25.1 Å². The van der Waals surface area contributed by atoms with Gasteiger partial charge in [-0.05, 0) is 32.9 Å². The van der Waals surface area contributed by atoms with Gasteiger partial charge in [-0.2, -0.15) is 10.1 Å². The summed E-state index contributed by atoms with van der Waals surface area (Å²) in [5, 5.41) is 6.61. The zero-order chi connectivity index (χ0) is 19.8. The number of nitrogens with zero attached hydrogens (tertiary/aromatic N) is 5. The molecule has 0 radical (unpaired) electrons. The Bertz CT molecular complexity index is 1090. The fraction of sp³-hybridized carbons (Fsp3) is 0.368. The number of ether oxygens (including phenoxy) is 1. The van der Waals surface area contributed by atoms with E-state index >= 15 is 0 Å². The summed E-state index contributed by atoms with van der Waals surface area (Å²) in [5.41, 5.74) is 17.4. The highest BCUT2D eigenvalue weighted by Crippen LogP contribution is 2.35. The van der Waals surface area contributed by atoms with Gasteiger partial charge in [-0.25, -0.2) is 9.67 Å². The van der Waals surface area contributed by atoms with Gasteiger partial charge in [0.25, 0.3) is 0 Å². The maximum absolute atomic E-state index is 5.99. The van der Waals surface area contributed by atoms with Crippen LogP contribution in [0.2, 0.25) is 0 Å². The summed E-state index contributed by atoms with van der Waals surface area (Å²) >= 11 is 1.65. The van der Waals surface area contributed by atoms with E-state index in [2.05, 4.69) is 21.0 Å². The van der Waals surface area contributed by atoms with E-state index < -0.39 is 0 Å². The quantitative estimate of drug-likeness (QED) is 0.630. The Hall–Kier alpha value is -2.65. The van der Waals surface area contributed by atoms with E-state index in [1.165, 1.54) is 5.57 Å². The summed E-state index contributed by atoms with van der Waals surface area (Å²) in [6, 6.07) is 0. The molecule has 0 spiro atoms. The van der Waals surface area contributed by atoms with Crippen molar-refractivity contribution in [3.63, 3.8) is 0 Å². The Morgan fingerprint density at radius 1 is 1.29 bits per heavy atom. The van der Waals surface area contributed by atoms with Crippen LogP contribution in [0.25, 0.3) is 17.1 Å². The number of thioether (sulfide) groups is 1. The van der Waals surface area contributed by atoms with Gasteiger partial charge in [0.05, 0.1) is 30.4 Å². The van der Waals surface area contributed by atoms with Crippen LogP contribution >= 0.6 is 11.8 Å². The highest BCUT2D eigenvalue weighted by Gasteiger charge is 2.22. The number of nitrogen functional groups attached to an aromatic ring is 1. The van der Waals surface area contributed by atoms with Crippen LogP contribution < -0.4 is 16.2 Å². The van der Waals surface area contributed by atoms with Crippen LogP contribution in [0.3, 0.4) is 0 Å². The molecule has 3 aromatic heterocycles. The molecule has 0 aliphatic carbocycles. The van der Waals surface area contributed by atoms with E-state index in [4.69, 9.17) is 21.3 Å². The number of pyridine rings is 1. The minimum atomic E-state index is 0.246. The predicted molar refractivity (Wildman–Crippen MR) is 111 cm³/mol. The molecular formula is C19H23N7OS. The molecule has 0 aromatic carbocycles. The molecule has 0 unspecified atom stereocenters. The van der Waals surface area contributed by atoms with Gasteiger partial charge < -0.3 is 16.2 Å². The van der Waals surface area contributed by atoms with Gasteiger partial charge in [0, 0.05) is 23.1 Å². The number of anilines is 1. The summed E-state index contributed by atoms with van der Waals surface area (Å²) in [6.45, 7) is 5.07. The fourth-order valence-corrected chi connectivity index (χ4v) is 4.55. The smallest absolute Gasteiger partial charge is 0.223 e. The molecule has 0 saturated heterocycles. The first-order valence-electron chi connectivity index (χ1n) is 9.07. The van der Waals surface area contributed by atoms with Crippen LogP contribution in [-0.2, 0) is 6.54 Å². The van der Waals surface area contributed by atoms with Crippen molar-refractivity contribution in [2.45, 2.75) is 31.8 Å². The molecule has 0 fully saturated rings. The molecule has 1 aliphatic rings. The first-order chi connectivity index (χ1) is 13.5. The van der Waals surface area contributed by atoms with Gasteiger partial charge in [-0.15, -0.1) is 11.8 Å². The highest BCUT2D eigenvalue weighted by molar-refractivity contribution is 7.99. The van der Waals surface area contributed by atoms with Gasteiger partial charge >= 0.3 is 0 Å². The maximum atomic E-state index is 5.99. The fourth-order valence-electron chi connectivity index (χ4n) is 3.50. The number of methoxy groups -OCH3 is 1. The van der Waals surface area contributed by atoms with Gasteiger partial charge in [0.1, 0.15) is 10.8 Å². The van der Waals surface area contributed by atoms with Crippen LogP contribution in [0, 0.1) is 13.8 Å². The van der Waals surface area contributed by atoms with Crippen molar-refractivity contribution >= 4 is 34.8 Å². The maximum Gasteiger partial charge on any atom is 0.223 e. The number of aromatic nitrogens is 5. The van der Waals surface area contributed by atoms with E-state index in [1.54, 1.807) is 18.9 Å². The SMILES string of the molecule is COc1c(C)cnc(Cn2nc3c4c(nc(N)nc42)SCC(CCN)=C3)c1C. The summed E-state index contributed by atoms with van der Waals surface area (Å²) in [7, 11) is 1.67. The summed E-state index contributed by atoms with van der Waals surface area (Å²) < 4.78 is 7.38. The van der Waals surface area contributed by atoms with E-state index in [0.29, 0.717) is 13.1 Å². The molecule has 28 heavy (non-hydrogen) atoms. The van der Waals surface area contributed by atoms with Crippen molar-refractivity contribution in [1.82, 2.24) is 24.7 Å². The van der Waals surface area contributed by atoms with Crippen molar-refractivity contribution in [3.8, 4) is 5.75 Å². The van der Waals surface area contributed by atoms with E-state index in [-0.39, 0.29) is 5.95 Å². The normalized spacial score (nSPS) is 13.5. The van der Waals surface area contributed by atoms with Gasteiger partial charge in [0.2, 0.25) is 5.95 Å². The third kappa shape index (κ3) is 3.20. The molecule has 1 aliphatic heterocycles. The number of hydrogen-bond donors (Lipinski definition) is 2. The molecule has 0 saturated carbocycles. The van der Waals surface area contributed by atoms with Gasteiger partial charge in [0.15, 0.2) is 5.65 Å². The van der Waals surface area contributed by atoms with Crippen LogP contribution in [0.5, 0.6) is 5.75 Å². The number of rotatable bonds is 5. The molecule has 9 heteroatoms. The van der Waals surface area contributed by atoms with Crippen LogP contribution in [-0.4, -0.2) is 44.1 Å². The predicted octanol–water partition coefficient (Wildman–Crippen LogP) is 2.32. The Labute approximate surface area is 167 Å². The van der Waals surface area contributed by atoms with Crippen molar-refractivity contribution in [1.29, 1.82) is 0 Å². The Morgan fingerprint density at radius 3 is 2.86 bits per heavy atom. The zero-order valence-corrected chi connectivity index (χ0v) is 17.0. The standard InChI is InChI=1S/C19H23N7OS/c1-10-7-22-14(11(2)16(10)27-3)8-26-17-15-13(25-26)6-12(4-5-20)9-28-18(15)24-19(21)23-17/h6-7H,4-5,8-9,20H2,1-3H3,(H2,21,23,24). The molecule has 4 heterocycles. The van der Waals surface area contributed by atoms with Gasteiger partial charge in [-0.3, -0.25) is 4.98 Å². The van der Waals surface area contributed by atoms with Crippen molar-refractivity contribution < 1.29 is 4.74 Å². The largest absolute Gasteiger partial charge is 0.496 e. The molecule has 0 atom stereocenters. The second-order valence-corrected chi connectivity index (χ2v) is 7.77. The summed E-state index contributed by atoms with van der Waals surface area (Å²) in [5.74, 6) is 1.92. The molecule has 0 amide bonds. The monoisotopic (exact) mass is 397 g/mol. The van der Waals surface area contributed by atoms with E-state index in [1.807, 2.05) is 24.7 Å². The Balaban J connectivity index is 1.85. The lowest BCUT2D eigenvalue weighted by molar-refractivity contribution is 0.406. The summed E-state index contributed by atoms with van der Waals surface area (Å²) in [4.78, 5) is 13.5. The topological polar surface area (TPSA) is 118 Å². The second-order valence-electron chi connectivity index (χ2n) is 6.80. The third-order valence-corrected chi connectivity index (χ3v) is 5.94. The third-order valence-electron chi connectivity index (χ3n) is 4.85. The second kappa shape index (κ2) is 7.40. The first kappa shape index (κ1) is 18.7. The average molecular weight is 398 g/mol. The molecule has 146 valence electrons. The van der Waals surface area contributed by atoms with Crippen LogP contribution in [0.15, 0.2) is 16.8 Å². The minimum Gasteiger partial charge on any atom is -0.496 e. The molecule has 4 rings (SSSR count). The van der Waals surface area contributed by atoms with Crippen LogP contribution in [0.1, 0.15) is 28.9 Å².